The molecule has 1 fully saturated rings. The molecule has 14 heavy (non-hydrogen) atoms. The minimum Gasteiger partial charge on any atom is -0.449 e. The summed E-state index contributed by atoms with van der Waals surface area (Å²) in [4.78, 5) is 12.1. The van der Waals surface area contributed by atoms with Crippen molar-refractivity contribution in [3.63, 3.8) is 0 Å². The van der Waals surface area contributed by atoms with Gasteiger partial charge < -0.3 is 17.8 Å². The van der Waals surface area contributed by atoms with Crippen LogP contribution in [0.1, 0.15) is 19.8 Å². The Bertz CT molecular complexity index is 212. The molecule has 1 unspecified atom stereocenters. The topological polar surface area (TPSA) is 20.3 Å². The number of hydrogen-bond acceptors (Lipinski definition) is 1. The van der Waals surface area contributed by atoms with Crippen LogP contribution in [0.4, 0.5) is 12.9 Å². The number of hydrogen-bond donors (Lipinski definition) is 0. The van der Waals surface area contributed by atoms with E-state index in [1.54, 1.807) is 0 Å². The van der Waals surface area contributed by atoms with E-state index in [1.807, 2.05) is 0 Å². The van der Waals surface area contributed by atoms with E-state index in [0.29, 0.717) is 13.0 Å². The van der Waals surface area contributed by atoms with Crippen LogP contribution < -0.4 is 51.4 Å². The summed E-state index contributed by atoms with van der Waals surface area (Å²) < 4.78 is 36.9. The van der Waals surface area contributed by atoms with Crippen molar-refractivity contribution in [2.45, 2.75) is 25.6 Å². The molecule has 0 aromatic rings. The Balaban J connectivity index is 0.00000169. The average molecular weight is 233 g/mol. The largest absolute Gasteiger partial charge is 1.00 e. The summed E-state index contributed by atoms with van der Waals surface area (Å²) in [5.74, 6) is -1.53. The molecule has 2 nitrogen and oxygen atoms in total. The van der Waals surface area contributed by atoms with Crippen LogP contribution in [0.15, 0.2) is 0 Å². The smallest absolute Gasteiger partial charge is 0.449 e. The first-order valence-corrected chi connectivity index (χ1v) is 4.36. The first kappa shape index (κ1) is 15.0. The van der Waals surface area contributed by atoms with Crippen LogP contribution in [-0.2, 0) is 4.79 Å². The zero-order chi connectivity index (χ0) is 10.1. The minimum absolute atomic E-state index is 0. The minimum atomic E-state index is -4.78. The fourth-order valence-electron chi connectivity index (χ4n) is 1.60. The summed E-state index contributed by atoms with van der Waals surface area (Å²) in [7, 11) is 0. The molecule has 0 N–H and O–H groups in total. The average Bonchev–Trinajstić information content (AvgIpc) is 2.03. The van der Waals surface area contributed by atoms with Gasteiger partial charge in [0.2, 0.25) is 5.91 Å². The normalized spacial score (nSPS) is 22.9. The number of nitrogens with zero attached hydrogens (tertiary/aromatic N) is 1. The summed E-state index contributed by atoms with van der Waals surface area (Å²) in [6.07, 6.45) is 0.638. The van der Waals surface area contributed by atoms with E-state index in [4.69, 9.17) is 0 Å². The van der Waals surface area contributed by atoms with Crippen LogP contribution in [0.5, 0.6) is 0 Å². The van der Waals surface area contributed by atoms with Crippen molar-refractivity contribution in [3.8, 4) is 0 Å². The molecule has 7 heteroatoms. The number of halogens is 3. The molecule has 1 atom stereocenters. The van der Waals surface area contributed by atoms with Gasteiger partial charge in [0.05, 0.1) is 0 Å². The first-order chi connectivity index (χ1) is 5.91. The third kappa shape index (κ3) is 4.22. The molecule has 1 heterocycles. The van der Waals surface area contributed by atoms with Gasteiger partial charge in [0.1, 0.15) is 0 Å². The molecule has 0 aliphatic carbocycles. The molecule has 1 saturated heterocycles. The van der Waals surface area contributed by atoms with Gasteiger partial charge in [-0.25, -0.2) is 0 Å². The first-order valence-electron chi connectivity index (χ1n) is 4.36. The molecule has 1 amide bonds. The number of carbonyl (C=O) groups is 1. The number of piperidine rings is 1. The zero-order valence-electron chi connectivity index (χ0n) is 8.47. The van der Waals surface area contributed by atoms with Crippen LogP contribution in [0.2, 0.25) is 5.82 Å². The summed E-state index contributed by atoms with van der Waals surface area (Å²) in [5.41, 5.74) is 0. The Kier molecular flexibility index (Phi) is 6.29. The number of carbonyl (C=O) groups excluding carboxylic acids is 1. The second-order valence-corrected chi connectivity index (χ2v) is 3.49. The molecule has 0 saturated carbocycles. The molecular formula is C7H12BF3KNO. The molecule has 0 bridgehead atoms. The van der Waals surface area contributed by atoms with Gasteiger partial charge in [-0.1, -0.05) is 12.2 Å². The van der Waals surface area contributed by atoms with E-state index in [2.05, 4.69) is 0 Å². The summed E-state index contributed by atoms with van der Waals surface area (Å²) in [6, 6.07) is 0. The summed E-state index contributed by atoms with van der Waals surface area (Å²) in [6.45, 7) is -3.14. The Morgan fingerprint density at radius 3 is 2.43 bits per heavy atom. The third-order valence-corrected chi connectivity index (χ3v) is 2.44. The van der Waals surface area contributed by atoms with E-state index in [9.17, 15) is 17.7 Å². The Morgan fingerprint density at radius 1 is 1.43 bits per heavy atom. The van der Waals surface area contributed by atoms with Gasteiger partial charge in [-0.2, -0.15) is 0 Å². The quantitative estimate of drug-likeness (QED) is 0.524. The van der Waals surface area contributed by atoms with Gasteiger partial charge >= 0.3 is 58.4 Å². The summed E-state index contributed by atoms with van der Waals surface area (Å²) >= 11 is 0. The Hall–Kier alpha value is 0.961. The van der Waals surface area contributed by atoms with E-state index >= 15 is 0 Å². The number of likely N-dealkylation sites (tertiary alicyclic amines) is 1. The molecule has 76 valence electrons. The van der Waals surface area contributed by atoms with Crippen molar-refractivity contribution in [1.29, 1.82) is 0 Å². The fraction of sp³-hybridized carbons (Fsp3) is 0.857. The molecule has 1 aliphatic rings. The van der Waals surface area contributed by atoms with Gasteiger partial charge in [-0.15, -0.1) is 0 Å². The van der Waals surface area contributed by atoms with Gasteiger partial charge in [0.15, 0.2) is 0 Å². The molecule has 0 spiro atoms. The SMILES string of the molecule is CC(=O)N1CCCC([B-](F)(F)F)C1.[K+]. The molecule has 0 aromatic carbocycles. The third-order valence-electron chi connectivity index (χ3n) is 2.44. The number of amides is 1. The van der Waals surface area contributed by atoms with Crippen molar-refractivity contribution in [2.75, 3.05) is 13.1 Å². The molecular weight excluding hydrogens is 221 g/mol. The van der Waals surface area contributed by atoms with Crippen molar-refractivity contribution in [3.05, 3.63) is 0 Å². The van der Waals surface area contributed by atoms with Crippen molar-refractivity contribution < 1.29 is 69.1 Å². The van der Waals surface area contributed by atoms with E-state index in [-0.39, 0.29) is 70.3 Å². The standard InChI is InChI=1S/C7H12BF3NO.K/c1-6(13)12-4-2-3-7(5-12)8(9,10)11;/h7H,2-5H2,1H3;/q-1;+1. The fourth-order valence-corrected chi connectivity index (χ4v) is 1.60. The monoisotopic (exact) mass is 233 g/mol. The zero-order valence-corrected chi connectivity index (χ0v) is 11.6. The van der Waals surface area contributed by atoms with E-state index in [1.165, 1.54) is 11.8 Å². The van der Waals surface area contributed by atoms with E-state index in [0.717, 1.165) is 0 Å². The molecule has 0 radical (unpaired) electrons. The van der Waals surface area contributed by atoms with Crippen LogP contribution in [-0.4, -0.2) is 30.9 Å². The van der Waals surface area contributed by atoms with Gasteiger partial charge in [-0.3, -0.25) is 4.79 Å². The van der Waals surface area contributed by atoms with Crippen molar-refractivity contribution in [1.82, 2.24) is 4.90 Å². The van der Waals surface area contributed by atoms with Crippen LogP contribution >= 0.6 is 0 Å². The molecule has 1 rings (SSSR count). The molecule has 0 aromatic heterocycles. The molecule has 1 aliphatic heterocycles. The van der Waals surface area contributed by atoms with Gasteiger partial charge in [0, 0.05) is 13.5 Å². The second-order valence-electron chi connectivity index (χ2n) is 3.49. The predicted molar refractivity (Wildman–Crippen MR) is 44.3 cm³/mol. The number of rotatable bonds is 1. The van der Waals surface area contributed by atoms with E-state index < -0.39 is 12.8 Å². The second kappa shape index (κ2) is 5.89. The van der Waals surface area contributed by atoms with Gasteiger partial charge in [-0.05, 0) is 13.0 Å². The van der Waals surface area contributed by atoms with Crippen LogP contribution in [0, 0.1) is 0 Å². The van der Waals surface area contributed by atoms with Crippen molar-refractivity contribution in [2.24, 2.45) is 0 Å². The Labute approximate surface area is 124 Å². The van der Waals surface area contributed by atoms with Crippen molar-refractivity contribution >= 4 is 12.9 Å². The van der Waals surface area contributed by atoms with Crippen LogP contribution in [0.3, 0.4) is 0 Å². The predicted octanol–water partition coefficient (Wildman–Crippen LogP) is -1.15. The maximum atomic E-state index is 12.3. The summed E-state index contributed by atoms with van der Waals surface area (Å²) in [5, 5.41) is 0. The van der Waals surface area contributed by atoms with Crippen LogP contribution in [0.25, 0.3) is 0 Å². The maximum Gasteiger partial charge on any atom is 1.00 e. The maximum absolute atomic E-state index is 12.3. The van der Waals surface area contributed by atoms with Gasteiger partial charge in [0.25, 0.3) is 0 Å². The Morgan fingerprint density at radius 2 is 2.00 bits per heavy atom.